The van der Waals surface area contributed by atoms with Crippen molar-refractivity contribution in [2.45, 2.75) is 0 Å². The Morgan fingerprint density at radius 3 is 1.59 bits per heavy atom. The lowest BCUT2D eigenvalue weighted by molar-refractivity contribution is 1.17. The van der Waals surface area contributed by atoms with Gasteiger partial charge in [-0.05, 0) is 60.7 Å². The van der Waals surface area contributed by atoms with Gasteiger partial charge in [-0.1, -0.05) is 72.8 Å². The Morgan fingerprint density at radius 2 is 0.897 bits per heavy atom. The molecule has 9 rings (SSSR count). The molecule has 0 amide bonds. The SMILES string of the molecule is c1ccc(-n2c3ccccc3c3c4c5ccccc5n(-c5ccc6sc7ccccc7c6c5)c4ccc32)cc1. The van der Waals surface area contributed by atoms with E-state index in [1.807, 2.05) is 11.3 Å². The minimum atomic E-state index is 1.18. The molecule has 2 nitrogen and oxygen atoms in total. The van der Waals surface area contributed by atoms with Gasteiger partial charge in [0.15, 0.2) is 0 Å². The Hall–Kier alpha value is -4.86. The zero-order valence-corrected chi connectivity index (χ0v) is 21.8. The van der Waals surface area contributed by atoms with E-state index in [0.29, 0.717) is 0 Å². The van der Waals surface area contributed by atoms with E-state index in [2.05, 4.69) is 143 Å². The van der Waals surface area contributed by atoms with Crippen LogP contribution in [0.2, 0.25) is 0 Å². The molecular formula is C36H22N2S. The second kappa shape index (κ2) is 7.83. The summed E-state index contributed by atoms with van der Waals surface area (Å²) < 4.78 is 7.51. The van der Waals surface area contributed by atoms with Gasteiger partial charge < -0.3 is 9.13 Å². The van der Waals surface area contributed by atoms with E-state index < -0.39 is 0 Å². The van der Waals surface area contributed by atoms with E-state index in [0.717, 1.165) is 0 Å². The number of thiophene rings is 1. The molecule has 182 valence electrons. The minimum absolute atomic E-state index is 1.18. The molecule has 0 saturated heterocycles. The maximum absolute atomic E-state index is 2.45. The fourth-order valence-corrected chi connectivity index (χ4v) is 7.59. The molecule has 3 heteroatoms. The van der Waals surface area contributed by atoms with Crippen LogP contribution in [0.5, 0.6) is 0 Å². The quantitative estimate of drug-likeness (QED) is 0.217. The predicted molar refractivity (Wildman–Crippen MR) is 168 cm³/mol. The molecule has 3 heterocycles. The van der Waals surface area contributed by atoms with Gasteiger partial charge in [0, 0.05) is 53.1 Å². The van der Waals surface area contributed by atoms with Crippen LogP contribution in [-0.2, 0) is 0 Å². The average molecular weight is 515 g/mol. The highest BCUT2D eigenvalue weighted by molar-refractivity contribution is 7.25. The molecule has 39 heavy (non-hydrogen) atoms. The second-order valence-corrected chi connectivity index (χ2v) is 11.3. The third-order valence-corrected chi connectivity index (χ3v) is 9.26. The summed E-state index contributed by atoms with van der Waals surface area (Å²) in [7, 11) is 0. The Balaban J connectivity index is 1.45. The molecule has 0 atom stereocenters. The van der Waals surface area contributed by atoms with E-state index >= 15 is 0 Å². The van der Waals surface area contributed by atoms with Crippen molar-refractivity contribution in [2.75, 3.05) is 0 Å². The molecule has 0 aliphatic rings. The molecule has 0 bridgehead atoms. The minimum Gasteiger partial charge on any atom is -0.309 e. The van der Waals surface area contributed by atoms with Crippen LogP contribution in [-0.4, -0.2) is 9.13 Å². The first-order chi connectivity index (χ1) is 19.4. The smallest absolute Gasteiger partial charge is 0.0548 e. The van der Waals surface area contributed by atoms with Gasteiger partial charge in [-0.25, -0.2) is 0 Å². The third kappa shape index (κ3) is 2.85. The van der Waals surface area contributed by atoms with Crippen LogP contribution >= 0.6 is 11.3 Å². The molecule has 0 radical (unpaired) electrons. The summed E-state index contributed by atoms with van der Waals surface area (Å²) in [5, 5.41) is 7.83. The Morgan fingerprint density at radius 1 is 0.359 bits per heavy atom. The number of hydrogen-bond donors (Lipinski definition) is 0. The maximum Gasteiger partial charge on any atom is 0.0548 e. The van der Waals surface area contributed by atoms with Gasteiger partial charge in [0.2, 0.25) is 0 Å². The maximum atomic E-state index is 2.45. The van der Waals surface area contributed by atoms with Gasteiger partial charge in [-0.2, -0.15) is 0 Å². The number of para-hydroxylation sites is 3. The average Bonchev–Trinajstić information content (AvgIpc) is 3.64. The van der Waals surface area contributed by atoms with Gasteiger partial charge in [0.05, 0.1) is 22.1 Å². The van der Waals surface area contributed by atoms with Crippen molar-refractivity contribution in [3.63, 3.8) is 0 Å². The van der Waals surface area contributed by atoms with E-state index in [-0.39, 0.29) is 0 Å². The highest BCUT2D eigenvalue weighted by atomic mass is 32.1. The third-order valence-electron chi connectivity index (χ3n) is 8.10. The van der Waals surface area contributed by atoms with Crippen molar-refractivity contribution in [1.29, 1.82) is 0 Å². The molecular weight excluding hydrogens is 492 g/mol. The van der Waals surface area contributed by atoms with Crippen LogP contribution in [0.4, 0.5) is 0 Å². The lowest BCUT2D eigenvalue weighted by Crippen LogP contribution is -1.94. The topological polar surface area (TPSA) is 9.86 Å². The van der Waals surface area contributed by atoms with Gasteiger partial charge in [0.1, 0.15) is 0 Å². The van der Waals surface area contributed by atoms with Gasteiger partial charge in [0.25, 0.3) is 0 Å². The summed E-state index contributed by atoms with van der Waals surface area (Å²) in [6.07, 6.45) is 0. The van der Waals surface area contributed by atoms with Crippen LogP contribution in [0.3, 0.4) is 0 Å². The highest BCUT2D eigenvalue weighted by Crippen LogP contribution is 2.43. The van der Waals surface area contributed by atoms with Crippen LogP contribution in [0, 0.1) is 0 Å². The summed E-state index contributed by atoms with van der Waals surface area (Å²) in [5.74, 6) is 0. The first-order valence-electron chi connectivity index (χ1n) is 13.3. The van der Waals surface area contributed by atoms with Crippen molar-refractivity contribution < 1.29 is 0 Å². The summed E-state index contributed by atoms with van der Waals surface area (Å²) in [4.78, 5) is 0. The van der Waals surface area contributed by atoms with E-state index in [1.165, 1.54) is 75.2 Å². The van der Waals surface area contributed by atoms with E-state index in [9.17, 15) is 0 Å². The van der Waals surface area contributed by atoms with Crippen molar-refractivity contribution in [3.05, 3.63) is 133 Å². The van der Waals surface area contributed by atoms with Gasteiger partial charge in [-0.15, -0.1) is 11.3 Å². The fraction of sp³-hybridized carbons (Fsp3) is 0. The van der Waals surface area contributed by atoms with Crippen LogP contribution in [0.25, 0.3) is 75.2 Å². The summed E-state index contributed by atoms with van der Waals surface area (Å²) in [5.41, 5.74) is 7.31. The summed E-state index contributed by atoms with van der Waals surface area (Å²) >= 11 is 1.87. The predicted octanol–water partition coefficient (Wildman–Crippen LogP) is 10.2. The fourth-order valence-electron chi connectivity index (χ4n) is 6.50. The molecule has 0 N–H and O–H groups in total. The zero-order valence-electron chi connectivity index (χ0n) is 21.0. The summed E-state index contributed by atoms with van der Waals surface area (Å²) in [6.45, 7) is 0. The standard InChI is InChI=1S/C36H22N2S/c1-2-10-23(11-3-1)37-29-15-7-4-13-26(29)35-31(37)19-20-32-36(35)27-14-5-8-16-30(27)38(32)24-18-21-34-28(22-24)25-12-6-9-17-33(25)39-34/h1-22H. The second-order valence-electron chi connectivity index (χ2n) is 10.2. The van der Waals surface area contributed by atoms with Crippen molar-refractivity contribution in [1.82, 2.24) is 9.13 Å². The number of hydrogen-bond acceptors (Lipinski definition) is 1. The van der Waals surface area contributed by atoms with Crippen LogP contribution in [0.15, 0.2) is 133 Å². The number of benzene rings is 6. The first-order valence-corrected chi connectivity index (χ1v) is 14.1. The van der Waals surface area contributed by atoms with Crippen molar-refractivity contribution >= 4 is 75.1 Å². The Labute approximate surface area is 228 Å². The van der Waals surface area contributed by atoms with Crippen molar-refractivity contribution in [2.24, 2.45) is 0 Å². The Bertz CT molecular complexity index is 2390. The lowest BCUT2D eigenvalue weighted by Gasteiger charge is -2.09. The van der Waals surface area contributed by atoms with E-state index in [4.69, 9.17) is 0 Å². The lowest BCUT2D eigenvalue weighted by atomic mass is 10.1. The molecule has 0 unspecified atom stereocenters. The number of fused-ring (bicyclic) bond motifs is 10. The van der Waals surface area contributed by atoms with Crippen molar-refractivity contribution in [3.8, 4) is 11.4 Å². The zero-order chi connectivity index (χ0) is 25.5. The number of rotatable bonds is 2. The summed E-state index contributed by atoms with van der Waals surface area (Å²) in [6, 6.07) is 48.6. The first kappa shape index (κ1) is 21.1. The van der Waals surface area contributed by atoms with E-state index in [1.54, 1.807) is 0 Å². The van der Waals surface area contributed by atoms with Crippen LogP contribution in [0.1, 0.15) is 0 Å². The molecule has 0 aliphatic carbocycles. The van der Waals surface area contributed by atoms with Gasteiger partial charge >= 0.3 is 0 Å². The highest BCUT2D eigenvalue weighted by Gasteiger charge is 2.20. The van der Waals surface area contributed by atoms with Crippen LogP contribution < -0.4 is 0 Å². The molecule has 9 aromatic rings. The molecule has 0 fully saturated rings. The number of nitrogens with zero attached hydrogens (tertiary/aromatic N) is 2. The molecule has 0 saturated carbocycles. The monoisotopic (exact) mass is 514 g/mol. The molecule has 0 spiro atoms. The normalized spacial score (nSPS) is 12.1. The number of aromatic nitrogens is 2. The molecule has 6 aromatic carbocycles. The largest absolute Gasteiger partial charge is 0.309 e. The molecule has 3 aromatic heterocycles. The Kier molecular flexibility index (Phi) is 4.24. The molecule has 0 aliphatic heterocycles. The van der Waals surface area contributed by atoms with Gasteiger partial charge in [-0.3, -0.25) is 0 Å².